The zero-order valence-corrected chi connectivity index (χ0v) is 11.1. The number of urea groups is 1. The molecule has 0 fully saturated rings. The van der Waals surface area contributed by atoms with Gasteiger partial charge in [0.05, 0.1) is 11.1 Å². The van der Waals surface area contributed by atoms with Crippen LogP contribution in [0, 0.1) is 0 Å². The number of alkyl halides is 6. The first kappa shape index (κ1) is 17.1. The summed E-state index contributed by atoms with van der Waals surface area (Å²) in [6, 6.07) is 0.605. The number of halogens is 6. The molecule has 0 unspecified atom stereocenters. The minimum absolute atomic E-state index is 0.0450. The van der Waals surface area contributed by atoms with Crippen molar-refractivity contribution in [3.63, 3.8) is 0 Å². The second-order valence-electron chi connectivity index (χ2n) is 4.33. The van der Waals surface area contributed by atoms with E-state index >= 15 is 0 Å². The van der Waals surface area contributed by atoms with E-state index in [1.165, 1.54) is 14.1 Å². The Hall–Kier alpha value is -1.93. The molecule has 0 radical (unpaired) electrons. The summed E-state index contributed by atoms with van der Waals surface area (Å²) in [6.07, 6.45) is -9.80. The molecular weight excluding hydrogens is 302 g/mol. The van der Waals surface area contributed by atoms with Gasteiger partial charge in [0.25, 0.3) is 0 Å². The molecule has 0 heterocycles. The summed E-state index contributed by atoms with van der Waals surface area (Å²) in [7, 11) is 2.55. The first-order valence-electron chi connectivity index (χ1n) is 5.66. The van der Waals surface area contributed by atoms with Crippen LogP contribution in [0.4, 0.5) is 31.1 Å². The van der Waals surface area contributed by atoms with Crippen LogP contribution in [0.2, 0.25) is 0 Å². The maximum absolute atomic E-state index is 12.6. The van der Waals surface area contributed by atoms with Gasteiger partial charge in [-0.15, -0.1) is 0 Å². The van der Waals surface area contributed by atoms with E-state index in [1.54, 1.807) is 0 Å². The lowest BCUT2D eigenvalue weighted by molar-refractivity contribution is -0.143. The molecule has 0 saturated carbocycles. The van der Waals surface area contributed by atoms with Crippen LogP contribution in [0.3, 0.4) is 0 Å². The standard InChI is InChI=1S/C12H12F6N2O/c1-19-10(21)20(2)6-7-3-8(11(13,14)15)5-9(4-7)12(16,17)18/h3-5H,6H2,1-2H3,(H,19,21). The minimum atomic E-state index is -4.90. The normalized spacial score (nSPS) is 12.2. The average Bonchev–Trinajstić information content (AvgIpc) is 2.35. The fraction of sp³-hybridized carbons (Fsp3) is 0.417. The highest BCUT2D eigenvalue weighted by atomic mass is 19.4. The third-order valence-electron chi connectivity index (χ3n) is 2.63. The van der Waals surface area contributed by atoms with Gasteiger partial charge in [-0.3, -0.25) is 0 Å². The van der Waals surface area contributed by atoms with E-state index in [1.807, 2.05) is 0 Å². The number of benzene rings is 1. The molecule has 118 valence electrons. The van der Waals surface area contributed by atoms with Gasteiger partial charge in [-0.2, -0.15) is 26.3 Å². The Morgan fingerprint density at radius 3 is 1.81 bits per heavy atom. The zero-order valence-electron chi connectivity index (χ0n) is 11.1. The third-order valence-corrected chi connectivity index (χ3v) is 2.63. The summed E-state index contributed by atoms with van der Waals surface area (Å²) in [6.45, 7) is -0.382. The lowest BCUT2D eigenvalue weighted by Crippen LogP contribution is -2.34. The molecule has 0 saturated heterocycles. The molecule has 9 heteroatoms. The van der Waals surface area contributed by atoms with Gasteiger partial charge < -0.3 is 10.2 Å². The Kier molecular flexibility index (Phi) is 4.75. The molecule has 0 aliphatic rings. The molecule has 21 heavy (non-hydrogen) atoms. The van der Waals surface area contributed by atoms with E-state index in [4.69, 9.17) is 0 Å². The van der Waals surface area contributed by atoms with E-state index in [-0.39, 0.29) is 18.2 Å². The second-order valence-corrected chi connectivity index (χ2v) is 4.33. The van der Waals surface area contributed by atoms with Crippen LogP contribution in [0.25, 0.3) is 0 Å². The number of rotatable bonds is 2. The average molecular weight is 314 g/mol. The molecule has 1 aromatic carbocycles. The van der Waals surface area contributed by atoms with Gasteiger partial charge in [-0.1, -0.05) is 0 Å². The Balaban J connectivity index is 3.23. The van der Waals surface area contributed by atoms with E-state index in [0.29, 0.717) is 12.1 Å². The van der Waals surface area contributed by atoms with Crippen molar-refractivity contribution >= 4 is 6.03 Å². The highest BCUT2D eigenvalue weighted by Gasteiger charge is 2.36. The Labute approximate surface area is 116 Å². The monoisotopic (exact) mass is 314 g/mol. The van der Waals surface area contributed by atoms with Crippen LogP contribution >= 0.6 is 0 Å². The molecule has 0 aliphatic heterocycles. The van der Waals surface area contributed by atoms with Crippen molar-refractivity contribution in [2.24, 2.45) is 0 Å². The van der Waals surface area contributed by atoms with Crippen molar-refractivity contribution in [3.05, 3.63) is 34.9 Å². The van der Waals surface area contributed by atoms with Gasteiger partial charge in [0, 0.05) is 20.6 Å². The number of hydrogen-bond acceptors (Lipinski definition) is 1. The smallest absolute Gasteiger partial charge is 0.341 e. The summed E-state index contributed by atoms with van der Waals surface area (Å²) in [5, 5.41) is 2.22. The first-order valence-corrected chi connectivity index (χ1v) is 5.66. The Bertz CT molecular complexity index is 491. The van der Waals surface area contributed by atoms with E-state index in [9.17, 15) is 31.1 Å². The predicted octanol–water partition coefficient (Wildman–Crippen LogP) is 3.50. The van der Waals surface area contributed by atoms with Gasteiger partial charge >= 0.3 is 18.4 Å². The van der Waals surface area contributed by atoms with Crippen LogP contribution in [0.15, 0.2) is 18.2 Å². The Morgan fingerprint density at radius 2 is 1.48 bits per heavy atom. The zero-order chi connectivity index (χ0) is 16.4. The molecule has 1 rings (SSSR count). The SMILES string of the molecule is CNC(=O)N(C)Cc1cc(C(F)(F)F)cc(C(F)(F)F)c1. The van der Waals surface area contributed by atoms with Crippen LogP contribution < -0.4 is 5.32 Å². The molecule has 1 aromatic rings. The van der Waals surface area contributed by atoms with Gasteiger partial charge in [0.15, 0.2) is 0 Å². The van der Waals surface area contributed by atoms with Crippen LogP contribution in [0.5, 0.6) is 0 Å². The summed E-state index contributed by atoms with van der Waals surface area (Å²) < 4.78 is 75.8. The van der Waals surface area contributed by atoms with E-state index < -0.39 is 29.5 Å². The van der Waals surface area contributed by atoms with E-state index in [0.717, 1.165) is 4.90 Å². The van der Waals surface area contributed by atoms with Gasteiger partial charge in [-0.25, -0.2) is 4.79 Å². The Morgan fingerprint density at radius 1 is 1.05 bits per heavy atom. The number of carbonyl (C=O) groups is 1. The minimum Gasteiger partial charge on any atom is -0.341 e. The molecule has 0 bridgehead atoms. The van der Waals surface area contributed by atoms with Crippen molar-refractivity contribution in [1.82, 2.24) is 10.2 Å². The third kappa shape index (κ3) is 4.54. The molecule has 0 aromatic heterocycles. The highest BCUT2D eigenvalue weighted by Crippen LogP contribution is 2.36. The van der Waals surface area contributed by atoms with Crippen molar-refractivity contribution in [2.75, 3.05) is 14.1 Å². The number of carbonyl (C=O) groups excluding carboxylic acids is 1. The lowest BCUT2D eigenvalue weighted by atomic mass is 10.0. The topological polar surface area (TPSA) is 32.3 Å². The van der Waals surface area contributed by atoms with Crippen LogP contribution in [-0.2, 0) is 18.9 Å². The molecular formula is C12H12F6N2O. The summed E-state index contributed by atoms with van der Waals surface area (Å²) in [4.78, 5) is 12.2. The van der Waals surface area contributed by atoms with Crippen LogP contribution in [-0.4, -0.2) is 25.0 Å². The first-order chi connectivity index (χ1) is 9.45. The van der Waals surface area contributed by atoms with Gasteiger partial charge in [0.1, 0.15) is 0 Å². The van der Waals surface area contributed by atoms with Gasteiger partial charge in [-0.05, 0) is 23.8 Å². The quantitative estimate of drug-likeness (QED) is 0.833. The second kappa shape index (κ2) is 5.82. The molecule has 1 N–H and O–H groups in total. The van der Waals surface area contributed by atoms with E-state index in [2.05, 4.69) is 5.32 Å². The van der Waals surface area contributed by atoms with Crippen molar-refractivity contribution < 1.29 is 31.1 Å². The largest absolute Gasteiger partial charge is 0.416 e. The number of hydrogen-bond donors (Lipinski definition) is 1. The molecule has 3 nitrogen and oxygen atoms in total. The fourth-order valence-electron chi connectivity index (χ4n) is 1.65. The van der Waals surface area contributed by atoms with Crippen molar-refractivity contribution in [2.45, 2.75) is 18.9 Å². The van der Waals surface area contributed by atoms with Gasteiger partial charge in [0.2, 0.25) is 0 Å². The summed E-state index contributed by atoms with van der Waals surface area (Å²) >= 11 is 0. The molecule has 0 aliphatic carbocycles. The molecule has 0 spiro atoms. The maximum Gasteiger partial charge on any atom is 0.416 e. The number of amides is 2. The van der Waals surface area contributed by atoms with Crippen LogP contribution in [0.1, 0.15) is 16.7 Å². The molecule has 0 atom stereocenters. The van der Waals surface area contributed by atoms with Crippen molar-refractivity contribution in [1.29, 1.82) is 0 Å². The predicted molar refractivity (Wildman–Crippen MR) is 62.4 cm³/mol. The summed E-state index contributed by atoms with van der Waals surface area (Å²) in [5.41, 5.74) is -3.07. The highest BCUT2D eigenvalue weighted by molar-refractivity contribution is 5.73. The fourth-order valence-corrected chi connectivity index (χ4v) is 1.65. The summed E-state index contributed by atoms with van der Waals surface area (Å²) in [5.74, 6) is 0. The van der Waals surface area contributed by atoms with Crippen molar-refractivity contribution in [3.8, 4) is 0 Å². The maximum atomic E-state index is 12.6. The number of nitrogens with zero attached hydrogens (tertiary/aromatic N) is 1. The number of nitrogens with one attached hydrogen (secondary N) is 1. The lowest BCUT2D eigenvalue weighted by Gasteiger charge is -2.19. The molecule has 2 amide bonds.